The molecule has 0 aliphatic carbocycles. The first-order valence-electron chi connectivity index (χ1n) is 7.30. The molecule has 2 rings (SSSR count). The van der Waals surface area contributed by atoms with Crippen molar-refractivity contribution in [3.8, 4) is 0 Å². The Hall–Kier alpha value is -1.62. The van der Waals surface area contributed by atoms with Gasteiger partial charge in [-0.1, -0.05) is 13.3 Å². The molecule has 0 radical (unpaired) electrons. The first kappa shape index (κ1) is 14.8. The topological polar surface area (TPSA) is 54.5 Å². The smallest absolute Gasteiger partial charge is 0.254 e. The zero-order chi connectivity index (χ0) is 14.4. The van der Waals surface area contributed by atoms with Crippen molar-refractivity contribution in [2.75, 3.05) is 30.4 Å². The van der Waals surface area contributed by atoms with Crippen molar-refractivity contribution in [1.29, 1.82) is 0 Å². The maximum atomic E-state index is 11.9. The number of hydrogen-bond acceptors (Lipinski definition) is 4. The van der Waals surface area contributed by atoms with Crippen molar-refractivity contribution in [3.63, 3.8) is 0 Å². The Labute approximate surface area is 120 Å². The SMILES string of the molecule is CCCCN(C)c1ccc(NC(=O)C2CCCO2)nc1. The van der Waals surface area contributed by atoms with Gasteiger partial charge in [-0.05, 0) is 31.4 Å². The molecule has 20 heavy (non-hydrogen) atoms. The third-order valence-corrected chi connectivity index (χ3v) is 3.51. The van der Waals surface area contributed by atoms with E-state index in [1.807, 2.05) is 12.1 Å². The molecule has 1 fully saturated rings. The second-order valence-corrected chi connectivity index (χ2v) is 5.17. The van der Waals surface area contributed by atoms with E-state index in [-0.39, 0.29) is 12.0 Å². The number of amides is 1. The highest BCUT2D eigenvalue weighted by atomic mass is 16.5. The van der Waals surface area contributed by atoms with Crippen LogP contribution in [0.15, 0.2) is 18.3 Å². The van der Waals surface area contributed by atoms with Gasteiger partial charge in [0.2, 0.25) is 0 Å². The highest BCUT2D eigenvalue weighted by molar-refractivity contribution is 5.93. The lowest BCUT2D eigenvalue weighted by Gasteiger charge is -2.18. The number of aromatic nitrogens is 1. The summed E-state index contributed by atoms with van der Waals surface area (Å²) >= 11 is 0. The predicted octanol–water partition coefficient (Wildman–Crippen LogP) is 2.44. The monoisotopic (exact) mass is 277 g/mol. The number of unbranched alkanes of at least 4 members (excludes halogenated alkanes) is 1. The minimum absolute atomic E-state index is 0.0953. The largest absolute Gasteiger partial charge is 0.373 e. The van der Waals surface area contributed by atoms with Crippen molar-refractivity contribution in [2.24, 2.45) is 0 Å². The molecule has 1 aliphatic heterocycles. The summed E-state index contributed by atoms with van der Waals surface area (Å²) < 4.78 is 5.35. The molecule has 0 saturated carbocycles. The number of ether oxygens (including phenoxy) is 1. The van der Waals surface area contributed by atoms with E-state index in [2.05, 4.69) is 29.2 Å². The molecule has 1 N–H and O–H groups in total. The van der Waals surface area contributed by atoms with Crippen LogP contribution in [0.1, 0.15) is 32.6 Å². The maximum absolute atomic E-state index is 11.9. The molecule has 1 amide bonds. The van der Waals surface area contributed by atoms with Gasteiger partial charge in [0.05, 0.1) is 11.9 Å². The Balaban J connectivity index is 1.89. The van der Waals surface area contributed by atoms with Crippen LogP contribution in [0.4, 0.5) is 11.5 Å². The van der Waals surface area contributed by atoms with Gasteiger partial charge in [0.15, 0.2) is 0 Å². The number of anilines is 2. The summed E-state index contributed by atoms with van der Waals surface area (Å²) in [5.74, 6) is 0.486. The Bertz CT molecular complexity index is 427. The summed E-state index contributed by atoms with van der Waals surface area (Å²) in [4.78, 5) is 18.3. The van der Waals surface area contributed by atoms with E-state index in [1.54, 1.807) is 6.20 Å². The number of carbonyl (C=O) groups is 1. The summed E-state index contributed by atoms with van der Waals surface area (Å²) in [7, 11) is 2.05. The number of rotatable bonds is 6. The second kappa shape index (κ2) is 7.24. The van der Waals surface area contributed by atoms with E-state index in [4.69, 9.17) is 4.74 Å². The Morgan fingerprint density at radius 1 is 1.55 bits per heavy atom. The van der Waals surface area contributed by atoms with Crippen LogP contribution in [-0.2, 0) is 9.53 Å². The van der Waals surface area contributed by atoms with Crippen LogP contribution in [0, 0.1) is 0 Å². The lowest BCUT2D eigenvalue weighted by molar-refractivity contribution is -0.124. The van der Waals surface area contributed by atoms with Crippen molar-refractivity contribution in [3.05, 3.63) is 18.3 Å². The normalized spacial score (nSPS) is 18.0. The quantitative estimate of drug-likeness (QED) is 0.867. The van der Waals surface area contributed by atoms with Gasteiger partial charge in [-0.15, -0.1) is 0 Å². The van der Waals surface area contributed by atoms with E-state index in [1.165, 1.54) is 6.42 Å². The standard InChI is InChI=1S/C15H23N3O2/c1-3-4-9-18(2)12-7-8-14(16-11-12)17-15(19)13-6-5-10-20-13/h7-8,11,13H,3-6,9-10H2,1-2H3,(H,16,17,19). The third-order valence-electron chi connectivity index (χ3n) is 3.51. The average Bonchev–Trinajstić information content (AvgIpc) is 3.00. The molecule has 0 bridgehead atoms. The molecule has 1 atom stereocenters. The Kier molecular flexibility index (Phi) is 5.35. The van der Waals surface area contributed by atoms with Gasteiger partial charge in [0, 0.05) is 20.2 Å². The van der Waals surface area contributed by atoms with Crippen molar-refractivity contribution in [2.45, 2.75) is 38.7 Å². The minimum atomic E-state index is -0.316. The van der Waals surface area contributed by atoms with Gasteiger partial charge in [-0.25, -0.2) is 4.98 Å². The Morgan fingerprint density at radius 2 is 2.40 bits per heavy atom. The maximum Gasteiger partial charge on any atom is 0.254 e. The van der Waals surface area contributed by atoms with E-state index in [0.29, 0.717) is 12.4 Å². The van der Waals surface area contributed by atoms with Crippen molar-refractivity contribution < 1.29 is 9.53 Å². The second-order valence-electron chi connectivity index (χ2n) is 5.17. The summed E-state index contributed by atoms with van der Waals surface area (Å²) in [6, 6.07) is 3.82. The fourth-order valence-corrected chi connectivity index (χ4v) is 2.20. The lowest BCUT2D eigenvalue weighted by atomic mass is 10.2. The number of carbonyl (C=O) groups excluding carboxylic acids is 1. The molecule has 1 aromatic heterocycles. The van der Waals surface area contributed by atoms with E-state index < -0.39 is 0 Å². The molecule has 2 heterocycles. The van der Waals surface area contributed by atoms with Crippen LogP contribution in [0.3, 0.4) is 0 Å². The molecular weight excluding hydrogens is 254 g/mol. The van der Waals surface area contributed by atoms with Gasteiger partial charge >= 0.3 is 0 Å². The van der Waals surface area contributed by atoms with Crippen LogP contribution in [0.25, 0.3) is 0 Å². The minimum Gasteiger partial charge on any atom is -0.373 e. The van der Waals surface area contributed by atoms with E-state index >= 15 is 0 Å². The summed E-state index contributed by atoms with van der Waals surface area (Å²) in [6.07, 6.45) is 5.56. The van der Waals surface area contributed by atoms with Crippen LogP contribution >= 0.6 is 0 Å². The van der Waals surface area contributed by atoms with Gasteiger partial charge in [0.1, 0.15) is 11.9 Å². The van der Waals surface area contributed by atoms with Gasteiger partial charge in [0.25, 0.3) is 5.91 Å². The van der Waals surface area contributed by atoms with Crippen molar-refractivity contribution >= 4 is 17.4 Å². The summed E-state index contributed by atoms with van der Waals surface area (Å²) in [6.45, 7) is 3.86. The van der Waals surface area contributed by atoms with Crippen molar-refractivity contribution in [1.82, 2.24) is 4.98 Å². The van der Waals surface area contributed by atoms with Crippen LogP contribution in [0.5, 0.6) is 0 Å². The number of pyridine rings is 1. The predicted molar refractivity (Wildman–Crippen MR) is 80.0 cm³/mol. The molecule has 1 aliphatic rings. The molecule has 5 heteroatoms. The number of nitrogens with one attached hydrogen (secondary N) is 1. The number of nitrogens with zero attached hydrogens (tertiary/aromatic N) is 2. The first-order chi connectivity index (χ1) is 9.70. The molecule has 110 valence electrons. The van der Waals surface area contributed by atoms with Crippen LogP contribution < -0.4 is 10.2 Å². The average molecular weight is 277 g/mol. The fraction of sp³-hybridized carbons (Fsp3) is 0.600. The van der Waals surface area contributed by atoms with E-state index in [0.717, 1.165) is 31.5 Å². The first-order valence-corrected chi connectivity index (χ1v) is 7.30. The summed E-state index contributed by atoms with van der Waals surface area (Å²) in [5, 5.41) is 2.80. The molecule has 0 spiro atoms. The molecular formula is C15H23N3O2. The van der Waals surface area contributed by atoms with Crippen LogP contribution in [0.2, 0.25) is 0 Å². The lowest BCUT2D eigenvalue weighted by Crippen LogP contribution is -2.27. The van der Waals surface area contributed by atoms with Gasteiger partial charge in [-0.3, -0.25) is 4.79 Å². The molecule has 0 aromatic carbocycles. The molecule has 1 unspecified atom stereocenters. The highest BCUT2D eigenvalue weighted by Crippen LogP contribution is 2.17. The zero-order valence-electron chi connectivity index (χ0n) is 12.3. The molecule has 1 aromatic rings. The highest BCUT2D eigenvalue weighted by Gasteiger charge is 2.23. The summed E-state index contributed by atoms with van der Waals surface area (Å²) in [5.41, 5.74) is 1.06. The molecule has 1 saturated heterocycles. The Morgan fingerprint density at radius 3 is 3.00 bits per heavy atom. The zero-order valence-corrected chi connectivity index (χ0v) is 12.3. The van der Waals surface area contributed by atoms with E-state index in [9.17, 15) is 4.79 Å². The van der Waals surface area contributed by atoms with Crippen LogP contribution in [-0.4, -0.2) is 37.2 Å². The third kappa shape index (κ3) is 3.93. The van der Waals surface area contributed by atoms with Gasteiger partial charge < -0.3 is 15.0 Å². The fourth-order valence-electron chi connectivity index (χ4n) is 2.20. The molecule has 5 nitrogen and oxygen atoms in total. The number of hydrogen-bond donors (Lipinski definition) is 1. The van der Waals surface area contributed by atoms with Gasteiger partial charge in [-0.2, -0.15) is 0 Å².